The quantitative estimate of drug-likeness (QED) is 0.337. The molecule has 7 rings (SSSR count). The van der Waals surface area contributed by atoms with E-state index < -0.39 is 17.8 Å². The summed E-state index contributed by atoms with van der Waals surface area (Å²) in [7, 11) is 0. The first-order valence-electron chi connectivity index (χ1n) is 18.4. The number of ether oxygens (including phenoxy) is 1. The van der Waals surface area contributed by atoms with Crippen molar-refractivity contribution < 1.29 is 29.3 Å². The summed E-state index contributed by atoms with van der Waals surface area (Å²) in [6.45, 7) is 5.74. The van der Waals surface area contributed by atoms with Gasteiger partial charge >= 0.3 is 12.1 Å². The average Bonchev–Trinajstić information content (AvgIpc) is 3.32. The molecule has 4 aliphatic heterocycles. The highest BCUT2D eigenvalue weighted by Crippen LogP contribution is 2.28. The summed E-state index contributed by atoms with van der Waals surface area (Å²) in [5.41, 5.74) is 4.27. The van der Waals surface area contributed by atoms with E-state index in [0.717, 1.165) is 52.7 Å². The Morgan fingerprint density at radius 3 is 2.37 bits per heavy atom. The van der Waals surface area contributed by atoms with Gasteiger partial charge in [-0.25, -0.2) is 9.59 Å². The molecule has 0 spiro atoms. The topological polar surface area (TPSA) is 152 Å². The summed E-state index contributed by atoms with van der Waals surface area (Å²) in [5.74, 6) is -0.206. The number of urea groups is 1. The Bertz CT molecular complexity index is 1730. The van der Waals surface area contributed by atoms with Gasteiger partial charge in [0.2, 0.25) is 0 Å². The molecule has 0 unspecified atom stereocenters. The van der Waals surface area contributed by atoms with E-state index in [0.29, 0.717) is 77.5 Å². The highest BCUT2D eigenvalue weighted by Gasteiger charge is 2.38. The minimum Gasteiger partial charge on any atom is -0.436 e. The lowest BCUT2D eigenvalue weighted by Gasteiger charge is -2.44. The fourth-order valence-corrected chi connectivity index (χ4v) is 8.25. The van der Waals surface area contributed by atoms with E-state index in [1.807, 2.05) is 53.1 Å². The van der Waals surface area contributed by atoms with Crippen LogP contribution in [0.2, 0.25) is 0 Å². The van der Waals surface area contributed by atoms with Crippen LogP contribution in [0.4, 0.5) is 15.3 Å². The molecule has 3 fully saturated rings. The van der Waals surface area contributed by atoms with Crippen LogP contribution in [-0.2, 0) is 22.4 Å². The monoisotopic (exact) mass is 699 g/mol. The number of carbonyl (C=O) groups excluding carboxylic acids is 3. The predicted octanol–water partition coefficient (Wildman–Crippen LogP) is 3.35. The number of hydrogen-bond donors (Lipinski definition) is 3. The third kappa shape index (κ3) is 7.80. The van der Waals surface area contributed by atoms with Gasteiger partial charge < -0.3 is 39.9 Å². The van der Waals surface area contributed by atoms with Crippen molar-refractivity contribution in [2.75, 3.05) is 57.7 Å². The number of aryl methyl sites for hydroxylation is 1. The van der Waals surface area contributed by atoms with Crippen LogP contribution in [0.5, 0.6) is 0 Å². The normalized spacial score (nSPS) is 21.2. The lowest BCUT2D eigenvalue weighted by Crippen LogP contribution is -2.54. The molecule has 51 heavy (non-hydrogen) atoms. The Kier molecular flexibility index (Phi) is 10.4. The molecule has 3 aromatic rings. The van der Waals surface area contributed by atoms with E-state index >= 15 is 0 Å². The third-order valence-corrected chi connectivity index (χ3v) is 11.4. The van der Waals surface area contributed by atoms with E-state index in [4.69, 9.17) is 4.74 Å². The highest BCUT2D eigenvalue weighted by atomic mass is 16.6. The predicted molar refractivity (Wildman–Crippen MR) is 191 cm³/mol. The summed E-state index contributed by atoms with van der Waals surface area (Å²) in [5, 5.41) is 23.1. The summed E-state index contributed by atoms with van der Waals surface area (Å²) in [4.78, 5) is 57.7. The zero-order chi connectivity index (χ0) is 35.5. The van der Waals surface area contributed by atoms with Crippen LogP contribution in [0, 0.1) is 6.92 Å². The van der Waals surface area contributed by atoms with Gasteiger partial charge in [-0.05, 0) is 80.7 Å². The van der Waals surface area contributed by atoms with Crippen LogP contribution in [0.25, 0.3) is 11.0 Å². The molecule has 3 saturated heterocycles. The Labute approximate surface area is 298 Å². The van der Waals surface area contributed by atoms with Crippen molar-refractivity contribution in [3.8, 4) is 0 Å². The fraction of sp³-hybridized carbons (Fsp3) is 0.553. The molecule has 3 N–H and O–H groups in total. The molecule has 0 radical (unpaired) electrons. The maximum Gasteiger partial charge on any atom is 0.410 e. The molecule has 1 aromatic heterocycles. The fourth-order valence-electron chi connectivity index (χ4n) is 8.25. The molecule has 0 bridgehead atoms. The Morgan fingerprint density at radius 1 is 0.941 bits per heavy atom. The van der Waals surface area contributed by atoms with Crippen molar-refractivity contribution in [3.05, 3.63) is 65.5 Å². The lowest BCUT2D eigenvalue weighted by atomic mass is 9.90. The number of carbonyl (C=O) groups is 3. The van der Waals surface area contributed by atoms with Crippen LogP contribution in [-0.4, -0.2) is 134 Å². The number of likely N-dealkylation sites (tertiary alicyclic amines) is 3. The maximum atomic E-state index is 14.2. The number of nitrogens with zero attached hydrogens (tertiary/aromatic N) is 6. The van der Waals surface area contributed by atoms with E-state index in [9.17, 15) is 24.6 Å². The van der Waals surface area contributed by atoms with Crippen molar-refractivity contribution in [1.82, 2.24) is 29.6 Å². The van der Waals surface area contributed by atoms with Crippen LogP contribution >= 0.6 is 0 Å². The minimum absolute atomic E-state index is 0.00103. The van der Waals surface area contributed by atoms with Gasteiger partial charge in [0.25, 0.3) is 5.91 Å². The number of nitrogens with one attached hydrogen (secondary N) is 1. The smallest absolute Gasteiger partial charge is 0.410 e. The molecule has 5 heterocycles. The number of rotatable bonds is 7. The second-order valence-electron chi connectivity index (χ2n) is 14.6. The Morgan fingerprint density at radius 2 is 1.63 bits per heavy atom. The number of aliphatic hydroxyl groups excluding tert-OH is 1. The number of piperidine rings is 3. The average molecular weight is 700 g/mol. The number of para-hydroxylation sites is 1. The van der Waals surface area contributed by atoms with Crippen molar-refractivity contribution in [2.45, 2.75) is 82.1 Å². The van der Waals surface area contributed by atoms with Gasteiger partial charge in [-0.15, -0.1) is 0 Å². The number of benzene rings is 2. The highest BCUT2D eigenvalue weighted by molar-refractivity contribution is 5.91. The number of hydrogen-bond acceptors (Lipinski definition) is 9. The lowest BCUT2D eigenvalue weighted by molar-refractivity contribution is -0.143. The van der Waals surface area contributed by atoms with Crippen LogP contribution < -0.4 is 5.32 Å². The van der Waals surface area contributed by atoms with Gasteiger partial charge in [0.1, 0.15) is 0 Å². The molecular weight excluding hydrogens is 650 g/mol. The molecule has 1 atom stereocenters. The first kappa shape index (κ1) is 35.1. The SMILES string of the molecule is Cc1cc(C[C@@H](OC(=O)N2CCC(N3CCc4ccccc4NC3=O)CC2)C(=O)N2CCC(N3CCC(O)(CO)CC3)CC2)cc2nccnc12. The number of aromatic nitrogens is 2. The zero-order valence-corrected chi connectivity index (χ0v) is 29.4. The molecule has 13 heteroatoms. The molecular formula is C38H49N7O6. The van der Waals surface area contributed by atoms with Gasteiger partial charge in [-0.1, -0.05) is 24.3 Å². The molecule has 2 aromatic carbocycles. The number of fused-ring (bicyclic) bond motifs is 2. The molecule has 0 saturated carbocycles. The van der Waals surface area contributed by atoms with Crippen molar-refractivity contribution in [3.63, 3.8) is 0 Å². The van der Waals surface area contributed by atoms with Gasteiger partial charge in [-0.2, -0.15) is 0 Å². The van der Waals surface area contributed by atoms with Crippen molar-refractivity contribution >= 4 is 34.8 Å². The standard InChI is InChI=1S/C38H49N7O6/c1-26-22-27(23-32-34(26)40-14-13-39-32)24-33(35(47)43-15-7-29(8-16-43)42-20-11-38(50,25-46)12-21-42)51-37(49)44-17-9-30(10-18-44)45-19-6-28-4-2-3-5-31(28)41-36(45)48/h2-5,13-14,22-23,29-30,33,46,50H,6-12,15-21,24-25H2,1H3,(H,41,48)/t33-/m1/s1. The second kappa shape index (κ2) is 15.1. The molecule has 4 aliphatic rings. The summed E-state index contributed by atoms with van der Waals surface area (Å²) < 4.78 is 6.11. The van der Waals surface area contributed by atoms with Gasteiger partial charge in [0.05, 0.1) is 23.2 Å². The first-order valence-corrected chi connectivity index (χ1v) is 18.4. The number of aliphatic hydroxyl groups is 2. The van der Waals surface area contributed by atoms with Crippen molar-refractivity contribution in [2.24, 2.45) is 0 Å². The van der Waals surface area contributed by atoms with E-state index in [1.54, 1.807) is 17.3 Å². The maximum absolute atomic E-state index is 14.2. The first-order chi connectivity index (χ1) is 24.7. The van der Waals surface area contributed by atoms with Crippen molar-refractivity contribution in [1.29, 1.82) is 0 Å². The summed E-state index contributed by atoms with van der Waals surface area (Å²) in [6.07, 6.45) is 6.65. The minimum atomic E-state index is -1.01. The Hall–Kier alpha value is -4.33. The van der Waals surface area contributed by atoms with Gasteiger partial charge in [0, 0.05) is 82.4 Å². The molecule has 0 aliphatic carbocycles. The van der Waals surface area contributed by atoms with Crippen LogP contribution in [0.3, 0.4) is 0 Å². The largest absolute Gasteiger partial charge is 0.436 e. The van der Waals surface area contributed by atoms with E-state index in [-0.39, 0.29) is 31.0 Å². The Balaban J connectivity index is 0.999. The second-order valence-corrected chi connectivity index (χ2v) is 14.6. The third-order valence-electron chi connectivity index (χ3n) is 11.4. The van der Waals surface area contributed by atoms with Crippen LogP contribution in [0.15, 0.2) is 48.8 Å². The van der Waals surface area contributed by atoms with Gasteiger partial charge in [-0.3, -0.25) is 14.8 Å². The molecule has 272 valence electrons. The number of amides is 4. The summed E-state index contributed by atoms with van der Waals surface area (Å²) in [6, 6.07) is 11.9. The number of anilines is 1. The van der Waals surface area contributed by atoms with Gasteiger partial charge in [0.15, 0.2) is 6.10 Å². The van der Waals surface area contributed by atoms with Crippen LogP contribution in [0.1, 0.15) is 55.2 Å². The molecule has 13 nitrogen and oxygen atoms in total. The zero-order valence-electron chi connectivity index (χ0n) is 29.4. The van der Waals surface area contributed by atoms with E-state index in [2.05, 4.69) is 20.2 Å². The van der Waals surface area contributed by atoms with E-state index in [1.165, 1.54) is 0 Å². The molecule has 4 amide bonds. The summed E-state index contributed by atoms with van der Waals surface area (Å²) >= 11 is 0.